The molecule has 2 aromatic rings. The first-order valence-electron chi connectivity index (χ1n) is 5.24. The maximum Gasteiger partial charge on any atom is 0.149 e. The van der Waals surface area contributed by atoms with Gasteiger partial charge in [0.15, 0.2) is 0 Å². The van der Waals surface area contributed by atoms with Gasteiger partial charge in [0.05, 0.1) is 17.0 Å². The number of hydrogen-bond acceptors (Lipinski definition) is 3. The van der Waals surface area contributed by atoms with E-state index in [4.69, 9.17) is 4.52 Å². The summed E-state index contributed by atoms with van der Waals surface area (Å²) in [5, 5.41) is 4.04. The Labute approximate surface area is 88.1 Å². The standard InChI is InChI=1S/C12H12N2O/c1-8-11(10-4-2-3-7-13-10)12(15-14-8)9-5-6-9/h2-4,7,9H,5-6H2,1H3. The van der Waals surface area contributed by atoms with Crippen molar-refractivity contribution in [3.63, 3.8) is 0 Å². The van der Waals surface area contributed by atoms with Crippen molar-refractivity contribution in [1.29, 1.82) is 0 Å². The zero-order chi connectivity index (χ0) is 10.3. The van der Waals surface area contributed by atoms with Crippen molar-refractivity contribution in [2.24, 2.45) is 0 Å². The van der Waals surface area contributed by atoms with Crippen molar-refractivity contribution in [3.8, 4) is 11.3 Å². The summed E-state index contributed by atoms with van der Waals surface area (Å²) in [6, 6.07) is 5.92. The highest BCUT2D eigenvalue weighted by Crippen LogP contribution is 2.44. The highest BCUT2D eigenvalue weighted by molar-refractivity contribution is 5.64. The third-order valence-electron chi connectivity index (χ3n) is 2.76. The van der Waals surface area contributed by atoms with Crippen molar-refractivity contribution in [3.05, 3.63) is 35.9 Å². The predicted octanol–water partition coefficient (Wildman–Crippen LogP) is 2.92. The van der Waals surface area contributed by atoms with Gasteiger partial charge in [-0.25, -0.2) is 0 Å². The minimum atomic E-state index is 0.572. The number of hydrogen-bond donors (Lipinski definition) is 0. The number of pyridine rings is 1. The van der Waals surface area contributed by atoms with Gasteiger partial charge in [0.1, 0.15) is 5.76 Å². The summed E-state index contributed by atoms with van der Waals surface area (Å²) in [5.41, 5.74) is 3.01. The molecule has 1 aliphatic carbocycles. The van der Waals surface area contributed by atoms with Gasteiger partial charge < -0.3 is 4.52 Å². The lowest BCUT2D eigenvalue weighted by Gasteiger charge is -1.99. The lowest BCUT2D eigenvalue weighted by Crippen LogP contribution is -1.87. The predicted molar refractivity (Wildman–Crippen MR) is 56.4 cm³/mol. The number of aryl methyl sites for hydroxylation is 1. The summed E-state index contributed by atoms with van der Waals surface area (Å²) in [6.07, 6.45) is 4.24. The minimum Gasteiger partial charge on any atom is -0.360 e. The van der Waals surface area contributed by atoms with Crippen molar-refractivity contribution < 1.29 is 4.52 Å². The number of nitrogens with zero attached hydrogens (tertiary/aromatic N) is 2. The van der Waals surface area contributed by atoms with Gasteiger partial charge in [-0.3, -0.25) is 4.98 Å². The van der Waals surface area contributed by atoms with Crippen LogP contribution in [0.2, 0.25) is 0 Å². The molecule has 0 atom stereocenters. The smallest absolute Gasteiger partial charge is 0.149 e. The average molecular weight is 200 g/mol. The van der Waals surface area contributed by atoms with E-state index < -0.39 is 0 Å². The SMILES string of the molecule is Cc1noc(C2CC2)c1-c1ccccn1. The molecule has 0 aliphatic heterocycles. The topological polar surface area (TPSA) is 38.9 Å². The number of rotatable bonds is 2. The molecule has 76 valence electrons. The van der Waals surface area contributed by atoms with Crippen LogP contribution in [0.4, 0.5) is 0 Å². The molecule has 0 amide bonds. The van der Waals surface area contributed by atoms with Crippen LogP contribution in [0.3, 0.4) is 0 Å². The van der Waals surface area contributed by atoms with Gasteiger partial charge in [0.25, 0.3) is 0 Å². The van der Waals surface area contributed by atoms with Crippen LogP contribution in [0.25, 0.3) is 11.3 Å². The van der Waals surface area contributed by atoms with Gasteiger partial charge in [-0.1, -0.05) is 11.2 Å². The second kappa shape index (κ2) is 3.19. The first-order valence-corrected chi connectivity index (χ1v) is 5.24. The van der Waals surface area contributed by atoms with Gasteiger partial charge in [-0.15, -0.1) is 0 Å². The van der Waals surface area contributed by atoms with Gasteiger partial charge in [0.2, 0.25) is 0 Å². The van der Waals surface area contributed by atoms with Crippen LogP contribution in [0.5, 0.6) is 0 Å². The summed E-state index contributed by atoms with van der Waals surface area (Å²) in [4.78, 5) is 4.35. The molecule has 3 heteroatoms. The summed E-state index contributed by atoms with van der Waals surface area (Å²) < 4.78 is 5.38. The molecule has 3 rings (SSSR count). The zero-order valence-corrected chi connectivity index (χ0v) is 8.60. The third kappa shape index (κ3) is 1.44. The summed E-state index contributed by atoms with van der Waals surface area (Å²) in [5.74, 6) is 1.59. The largest absolute Gasteiger partial charge is 0.360 e. The van der Waals surface area contributed by atoms with Crippen molar-refractivity contribution in [2.75, 3.05) is 0 Å². The van der Waals surface area contributed by atoms with Crippen LogP contribution in [0.1, 0.15) is 30.2 Å². The second-order valence-electron chi connectivity index (χ2n) is 4.00. The molecular formula is C12H12N2O. The molecule has 0 radical (unpaired) electrons. The minimum absolute atomic E-state index is 0.572. The fourth-order valence-electron chi connectivity index (χ4n) is 1.83. The van der Waals surface area contributed by atoms with E-state index in [0.29, 0.717) is 5.92 Å². The third-order valence-corrected chi connectivity index (χ3v) is 2.76. The van der Waals surface area contributed by atoms with E-state index in [9.17, 15) is 0 Å². The molecule has 0 bridgehead atoms. The van der Waals surface area contributed by atoms with Crippen LogP contribution < -0.4 is 0 Å². The van der Waals surface area contributed by atoms with E-state index in [1.807, 2.05) is 25.1 Å². The van der Waals surface area contributed by atoms with E-state index in [1.165, 1.54) is 12.8 Å². The molecular weight excluding hydrogens is 188 g/mol. The highest BCUT2D eigenvalue weighted by atomic mass is 16.5. The molecule has 3 nitrogen and oxygen atoms in total. The van der Waals surface area contributed by atoms with Crippen molar-refractivity contribution in [1.82, 2.24) is 10.1 Å². The molecule has 0 saturated heterocycles. The van der Waals surface area contributed by atoms with Crippen LogP contribution in [-0.4, -0.2) is 10.1 Å². The Balaban J connectivity index is 2.13. The average Bonchev–Trinajstić information content (AvgIpc) is 3.04. The van der Waals surface area contributed by atoms with Crippen LogP contribution in [0, 0.1) is 6.92 Å². The van der Waals surface area contributed by atoms with E-state index in [-0.39, 0.29) is 0 Å². The second-order valence-corrected chi connectivity index (χ2v) is 4.00. The maximum atomic E-state index is 5.38. The molecule has 2 aromatic heterocycles. The van der Waals surface area contributed by atoms with E-state index in [0.717, 1.165) is 22.7 Å². The Kier molecular flexibility index (Phi) is 1.84. The molecule has 1 saturated carbocycles. The molecule has 1 aliphatic rings. The zero-order valence-electron chi connectivity index (χ0n) is 8.60. The van der Waals surface area contributed by atoms with Crippen LogP contribution in [0.15, 0.2) is 28.9 Å². The van der Waals surface area contributed by atoms with E-state index in [1.54, 1.807) is 6.20 Å². The molecule has 0 unspecified atom stereocenters. The fraction of sp³-hybridized carbons (Fsp3) is 0.333. The normalized spacial score (nSPS) is 15.5. The summed E-state index contributed by atoms with van der Waals surface area (Å²) in [6.45, 7) is 1.97. The van der Waals surface area contributed by atoms with Crippen LogP contribution in [-0.2, 0) is 0 Å². The van der Waals surface area contributed by atoms with Gasteiger partial charge in [-0.05, 0) is 31.9 Å². The number of aromatic nitrogens is 2. The quantitative estimate of drug-likeness (QED) is 0.748. The van der Waals surface area contributed by atoms with Gasteiger partial charge >= 0.3 is 0 Å². The van der Waals surface area contributed by atoms with Gasteiger partial charge in [-0.2, -0.15) is 0 Å². The Morgan fingerprint density at radius 1 is 1.33 bits per heavy atom. The molecule has 15 heavy (non-hydrogen) atoms. The molecule has 0 N–H and O–H groups in total. The molecule has 2 heterocycles. The van der Waals surface area contributed by atoms with E-state index in [2.05, 4.69) is 10.1 Å². The van der Waals surface area contributed by atoms with E-state index >= 15 is 0 Å². The summed E-state index contributed by atoms with van der Waals surface area (Å²) >= 11 is 0. The van der Waals surface area contributed by atoms with Crippen LogP contribution >= 0.6 is 0 Å². The van der Waals surface area contributed by atoms with Crippen molar-refractivity contribution in [2.45, 2.75) is 25.7 Å². The Hall–Kier alpha value is -1.64. The Morgan fingerprint density at radius 2 is 2.20 bits per heavy atom. The molecule has 1 fully saturated rings. The Bertz CT molecular complexity index is 472. The first-order chi connectivity index (χ1) is 7.36. The highest BCUT2D eigenvalue weighted by Gasteiger charge is 2.32. The lowest BCUT2D eigenvalue weighted by atomic mass is 10.1. The monoisotopic (exact) mass is 200 g/mol. The summed E-state index contributed by atoms with van der Waals surface area (Å²) in [7, 11) is 0. The first kappa shape index (κ1) is 8.65. The van der Waals surface area contributed by atoms with Crippen molar-refractivity contribution >= 4 is 0 Å². The molecule has 0 spiro atoms. The molecule has 0 aromatic carbocycles. The lowest BCUT2D eigenvalue weighted by molar-refractivity contribution is 0.381. The Morgan fingerprint density at radius 3 is 2.87 bits per heavy atom. The maximum absolute atomic E-state index is 5.38. The van der Waals surface area contributed by atoms with Gasteiger partial charge in [0, 0.05) is 12.1 Å². The fourth-order valence-corrected chi connectivity index (χ4v) is 1.83.